The van der Waals surface area contributed by atoms with Gasteiger partial charge >= 0.3 is 5.69 Å². The van der Waals surface area contributed by atoms with E-state index in [1.807, 2.05) is 39.5 Å². The molecule has 1 aromatic carbocycles. The highest BCUT2D eigenvalue weighted by molar-refractivity contribution is 6.36. The Kier molecular flexibility index (Phi) is 7.61. The van der Waals surface area contributed by atoms with E-state index < -0.39 is 11.5 Å². The van der Waals surface area contributed by atoms with Gasteiger partial charge in [-0.2, -0.15) is 4.98 Å². The van der Waals surface area contributed by atoms with E-state index in [9.17, 15) is 9.59 Å². The molecular weight excluding hydrogens is 585 g/mol. The normalized spacial score (nSPS) is 16.2. The van der Waals surface area contributed by atoms with Crippen molar-refractivity contribution in [3.05, 3.63) is 75.5 Å². The highest BCUT2D eigenvalue weighted by Crippen LogP contribution is 2.45. The van der Waals surface area contributed by atoms with Crippen LogP contribution in [0.2, 0.25) is 5.02 Å². The maximum Gasteiger partial charge on any atom is 0.355 e. The van der Waals surface area contributed by atoms with Crippen LogP contribution >= 0.6 is 11.6 Å². The number of hydrogen-bond acceptors (Lipinski definition) is 8. The molecule has 5 heterocycles. The van der Waals surface area contributed by atoms with E-state index in [1.54, 1.807) is 23.1 Å². The summed E-state index contributed by atoms with van der Waals surface area (Å²) < 4.78 is 23.1. The molecule has 0 N–H and O–H groups in total. The van der Waals surface area contributed by atoms with Gasteiger partial charge in [0.1, 0.15) is 34.5 Å². The van der Waals surface area contributed by atoms with Crippen molar-refractivity contribution in [2.75, 3.05) is 31.1 Å². The molecule has 0 saturated carbocycles. The second kappa shape index (κ2) is 11.3. The first-order valence-electron chi connectivity index (χ1n) is 14.6. The second-order valence-corrected chi connectivity index (χ2v) is 12.1. The summed E-state index contributed by atoms with van der Waals surface area (Å²) in [5.74, 6) is 0.319. The molecule has 2 aliphatic heterocycles. The third-order valence-electron chi connectivity index (χ3n) is 8.06. The molecule has 0 unspecified atom stereocenters. The Morgan fingerprint density at radius 1 is 1.09 bits per heavy atom. The fraction of sp³-hybridized carbons (Fsp3) is 0.375. The minimum absolute atomic E-state index is 0.0737. The lowest BCUT2D eigenvalue weighted by Crippen LogP contribution is -2.56. The van der Waals surface area contributed by atoms with Crippen LogP contribution in [0.3, 0.4) is 0 Å². The Hall–Kier alpha value is -4.38. The summed E-state index contributed by atoms with van der Waals surface area (Å²) in [6.07, 6.45) is 1.28. The fourth-order valence-electron chi connectivity index (χ4n) is 5.99. The average molecular weight is 618 g/mol. The van der Waals surface area contributed by atoms with Gasteiger partial charge in [0, 0.05) is 25.2 Å². The number of halogens is 2. The zero-order valence-corrected chi connectivity index (χ0v) is 26.0. The van der Waals surface area contributed by atoms with Gasteiger partial charge < -0.3 is 14.5 Å². The van der Waals surface area contributed by atoms with Crippen LogP contribution in [0.4, 0.5) is 10.2 Å². The summed E-state index contributed by atoms with van der Waals surface area (Å²) >= 11 is 7.00. The Morgan fingerprint density at radius 3 is 2.41 bits per heavy atom. The maximum absolute atomic E-state index is 15.3. The van der Waals surface area contributed by atoms with Crippen molar-refractivity contribution in [3.63, 3.8) is 0 Å². The molecule has 0 aliphatic carbocycles. The molecule has 2 aliphatic rings. The zero-order chi connectivity index (χ0) is 31.4. The Labute approximate surface area is 259 Å². The van der Waals surface area contributed by atoms with E-state index in [4.69, 9.17) is 31.3 Å². The molecule has 1 amide bonds. The smallest absolute Gasteiger partial charge is 0.355 e. The summed E-state index contributed by atoms with van der Waals surface area (Å²) in [7, 11) is 0. The molecule has 44 heavy (non-hydrogen) atoms. The van der Waals surface area contributed by atoms with Crippen LogP contribution < -0.4 is 15.3 Å². The molecule has 4 aromatic rings. The number of nitrogens with zero attached hydrogens (tertiary/aromatic N) is 7. The molecule has 3 aromatic heterocycles. The molecule has 6 rings (SSSR count). The molecule has 228 valence electrons. The number of aromatic nitrogens is 5. The maximum atomic E-state index is 15.3. The number of ether oxygens (including phenoxy) is 1. The number of hydrogen-bond donors (Lipinski definition) is 0. The summed E-state index contributed by atoms with van der Waals surface area (Å²) in [6.45, 7) is 14.7. The largest absolute Gasteiger partial charge is 0.489 e. The van der Waals surface area contributed by atoms with E-state index in [1.165, 1.54) is 16.7 Å². The first kappa shape index (κ1) is 29.7. The van der Waals surface area contributed by atoms with Crippen LogP contribution in [0.25, 0.3) is 28.0 Å². The number of amides is 1. The summed E-state index contributed by atoms with van der Waals surface area (Å²) in [4.78, 5) is 49.5. The lowest BCUT2D eigenvalue weighted by molar-refractivity contribution is -0.126. The van der Waals surface area contributed by atoms with Crippen molar-refractivity contribution >= 4 is 34.4 Å². The van der Waals surface area contributed by atoms with Crippen molar-refractivity contribution in [3.8, 4) is 22.7 Å². The third-order valence-corrected chi connectivity index (χ3v) is 8.41. The van der Waals surface area contributed by atoms with Gasteiger partial charge in [-0.3, -0.25) is 4.79 Å². The van der Waals surface area contributed by atoms with E-state index in [-0.39, 0.29) is 58.1 Å². The summed E-state index contributed by atoms with van der Waals surface area (Å²) in [6, 6.07) is 5.85. The predicted molar refractivity (Wildman–Crippen MR) is 167 cm³/mol. The molecular formula is C32H33ClFN7O3. The van der Waals surface area contributed by atoms with E-state index in [2.05, 4.69) is 11.6 Å². The molecule has 0 bridgehead atoms. The van der Waals surface area contributed by atoms with Crippen LogP contribution in [0.1, 0.15) is 56.7 Å². The van der Waals surface area contributed by atoms with Gasteiger partial charge in [-0.15, -0.1) is 0 Å². The highest BCUT2D eigenvalue weighted by atomic mass is 35.5. The lowest BCUT2D eigenvalue weighted by Gasteiger charge is -2.40. The number of benzene rings is 1. The van der Waals surface area contributed by atoms with Crippen molar-refractivity contribution < 1.29 is 13.9 Å². The van der Waals surface area contributed by atoms with Crippen molar-refractivity contribution in [2.45, 2.75) is 52.5 Å². The Balaban J connectivity index is 1.73. The van der Waals surface area contributed by atoms with Gasteiger partial charge in [-0.1, -0.05) is 58.0 Å². The van der Waals surface area contributed by atoms with Gasteiger partial charge in [0.15, 0.2) is 11.4 Å². The topological polar surface area (TPSA) is 106 Å². The molecule has 12 heteroatoms. The quantitative estimate of drug-likeness (QED) is 0.282. The van der Waals surface area contributed by atoms with Gasteiger partial charge in [0.2, 0.25) is 5.91 Å². The highest BCUT2D eigenvalue weighted by Gasteiger charge is 2.37. The number of anilines is 1. The fourth-order valence-corrected chi connectivity index (χ4v) is 6.28. The number of piperazine rings is 1. The molecule has 10 nitrogen and oxygen atoms in total. The second-order valence-electron chi connectivity index (χ2n) is 11.7. The van der Waals surface area contributed by atoms with Crippen LogP contribution in [0.15, 0.2) is 41.7 Å². The van der Waals surface area contributed by atoms with E-state index in [0.717, 1.165) is 0 Å². The number of aryl methyl sites for hydroxylation is 1. The van der Waals surface area contributed by atoms with Crippen LogP contribution in [0.5, 0.6) is 5.75 Å². The number of carbonyl (C=O) groups excluding carboxylic acids is 1. The number of pyridine rings is 1. The van der Waals surface area contributed by atoms with Crippen molar-refractivity contribution in [1.82, 2.24) is 29.4 Å². The summed E-state index contributed by atoms with van der Waals surface area (Å²) in [5, 5.41) is 0.522. The minimum atomic E-state index is -0.589. The summed E-state index contributed by atoms with van der Waals surface area (Å²) in [5.41, 5.74) is 1.73. The number of carbonyl (C=O) groups is 1. The number of rotatable bonds is 5. The van der Waals surface area contributed by atoms with Gasteiger partial charge in [-0.25, -0.2) is 28.7 Å². The molecule has 1 atom stereocenters. The number of fused-ring (bicyclic) bond motifs is 2. The molecule has 1 saturated heterocycles. The van der Waals surface area contributed by atoms with Gasteiger partial charge in [-0.05, 0) is 37.0 Å². The van der Waals surface area contributed by atoms with Crippen molar-refractivity contribution in [1.29, 1.82) is 0 Å². The molecule has 1 fully saturated rings. The van der Waals surface area contributed by atoms with Crippen LogP contribution in [-0.4, -0.2) is 67.6 Å². The first-order valence-corrected chi connectivity index (χ1v) is 15.0. The Bertz CT molecular complexity index is 1860. The lowest BCUT2D eigenvalue weighted by atomic mass is 10.0. The van der Waals surface area contributed by atoms with Crippen LogP contribution in [0, 0.1) is 12.7 Å². The molecule has 0 spiro atoms. The van der Waals surface area contributed by atoms with E-state index in [0.29, 0.717) is 53.7 Å². The average Bonchev–Trinajstić information content (AvgIpc) is 3.15. The monoisotopic (exact) mass is 617 g/mol. The van der Waals surface area contributed by atoms with Crippen LogP contribution in [-0.2, 0) is 4.79 Å². The van der Waals surface area contributed by atoms with Gasteiger partial charge in [0.25, 0.3) is 0 Å². The van der Waals surface area contributed by atoms with E-state index >= 15 is 4.39 Å². The third kappa shape index (κ3) is 4.79. The zero-order valence-electron chi connectivity index (χ0n) is 25.3. The predicted octanol–water partition coefficient (Wildman–Crippen LogP) is 5.18. The standard InChI is InChI=1S/C32H33ClFN7O3/c1-7-22(42)39-12-13-40-19(14-39)15-44-29-23-30(40)38-32(43)41(28-25(16(2)3)35-18(6)36-26(28)17(4)5)31(23)37-27(24(29)33)20-10-8-9-11-21(20)34/h7-11,16-17,19H,1,12-15H2,2-6H3/t19-/m1/s1. The van der Waals surface area contributed by atoms with Gasteiger partial charge in [0.05, 0.1) is 28.8 Å². The SMILES string of the molecule is C=CC(=O)N1CCN2c3nc(=O)n(-c4c(C(C)C)nc(C)nc4C(C)C)c4nc(-c5ccccc5F)c(Cl)c(c34)OC[C@H]2C1. The van der Waals surface area contributed by atoms with Crippen molar-refractivity contribution in [2.24, 2.45) is 0 Å². The Morgan fingerprint density at radius 2 is 1.77 bits per heavy atom. The minimum Gasteiger partial charge on any atom is -0.489 e. The molecule has 0 radical (unpaired) electrons. The first-order chi connectivity index (χ1) is 21.0.